The second kappa shape index (κ2) is 7.35. The summed E-state index contributed by atoms with van der Waals surface area (Å²) in [4.78, 5) is 33.7. The number of hydrogen-bond acceptors (Lipinski definition) is 3. The van der Waals surface area contributed by atoms with Crippen LogP contribution >= 0.6 is 0 Å². The number of urea groups is 1. The van der Waals surface area contributed by atoms with Gasteiger partial charge in [0.2, 0.25) is 0 Å². The van der Waals surface area contributed by atoms with E-state index in [1.807, 2.05) is 30.0 Å². The van der Waals surface area contributed by atoms with Crippen molar-refractivity contribution in [3.05, 3.63) is 75.7 Å². The second-order valence-electron chi connectivity index (χ2n) is 7.89. The second-order valence-corrected chi connectivity index (χ2v) is 7.89. The van der Waals surface area contributed by atoms with Crippen LogP contribution in [0.25, 0.3) is 0 Å². The summed E-state index contributed by atoms with van der Waals surface area (Å²) < 4.78 is 0. The number of hydrogen-bond donors (Lipinski definition) is 1. The number of aryl methyl sites for hydroxylation is 3. The predicted molar refractivity (Wildman–Crippen MR) is 111 cm³/mol. The summed E-state index contributed by atoms with van der Waals surface area (Å²) >= 11 is 0. The van der Waals surface area contributed by atoms with Gasteiger partial charge in [-0.15, -0.1) is 0 Å². The molecule has 0 radical (unpaired) electrons. The monoisotopic (exact) mass is 390 g/mol. The first kappa shape index (κ1) is 19.2. The smallest absolute Gasteiger partial charge is 0.322 e. The number of nitrogens with one attached hydrogen (secondary N) is 1. The summed E-state index contributed by atoms with van der Waals surface area (Å²) in [5.41, 5.74) is 6.85. The number of rotatable bonds is 4. The van der Waals surface area contributed by atoms with Crippen LogP contribution in [0.2, 0.25) is 0 Å². The summed E-state index contributed by atoms with van der Waals surface area (Å²) in [6.07, 6.45) is 2.45. The van der Waals surface area contributed by atoms with Crippen molar-refractivity contribution >= 4 is 11.9 Å². The largest absolute Gasteiger partial charge is 0.333 e. The molecule has 0 spiro atoms. The van der Waals surface area contributed by atoms with E-state index in [4.69, 9.17) is 0 Å². The molecule has 1 N–H and O–H groups in total. The Bertz CT molecular complexity index is 1010. The standard InChI is InChI=1S/C23H26N4O2/c1-14-11-16(3)18(12-15(14)2)21-20-19(26(4)23(29)25-21)13-27(22(20)28)10-8-17-7-5-6-9-24-17/h5-7,9,11-12,21H,8,10,13H2,1-4H3,(H,25,29)/t21-/m1/s1. The van der Waals surface area contributed by atoms with Gasteiger partial charge in [0.1, 0.15) is 0 Å². The Morgan fingerprint density at radius 3 is 2.59 bits per heavy atom. The average molecular weight is 390 g/mol. The maximum atomic E-state index is 13.3. The number of aromatic nitrogens is 1. The van der Waals surface area contributed by atoms with Crippen LogP contribution in [0, 0.1) is 20.8 Å². The number of carbonyl (C=O) groups is 2. The number of pyridine rings is 1. The Kier molecular flexibility index (Phi) is 4.86. The molecule has 3 heterocycles. The van der Waals surface area contributed by atoms with Gasteiger partial charge in [0.15, 0.2) is 0 Å². The molecule has 150 valence electrons. The van der Waals surface area contributed by atoms with Gasteiger partial charge in [-0.3, -0.25) is 14.7 Å². The molecule has 0 unspecified atom stereocenters. The molecule has 6 nitrogen and oxygen atoms in total. The Balaban J connectivity index is 1.65. The Morgan fingerprint density at radius 2 is 1.86 bits per heavy atom. The molecule has 3 amide bonds. The molecule has 0 fully saturated rings. The van der Waals surface area contributed by atoms with E-state index in [2.05, 4.69) is 36.3 Å². The van der Waals surface area contributed by atoms with Crippen molar-refractivity contribution < 1.29 is 9.59 Å². The van der Waals surface area contributed by atoms with E-state index in [0.29, 0.717) is 25.1 Å². The van der Waals surface area contributed by atoms with Crippen LogP contribution in [0.5, 0.6) is 0 Å². The van der Waals surface area contributed by atoms with Crippen molar-refractivity contribution in [1.82, 2.24) is 20.1 Å². The lowest BCUT2D eigenvalue weighted by atomic mass is 9.90. The van der Waals surface area contributed by atoms with Gasteiger partial charge in [0, 0.05) is 31.9 Å². The SMILES string of the molecule is Cc1cc(C)c([C@H]2NC(=O)N(C)C3=C2C(=O)N(CCc2ccccn2)C3)cc1C. The number of amides is 3. The van der Waals surface area contributed by atoms with Crippen molar-refractivity contribution in [2.75, 3.05) is 20.1 Å². The number of benzene rings is 1. The van der Waals surface area contributed by atoms with Gasteiger partial charge >= 0.3 is 6.03 Å². The van der Waals surface area contributed by atoms with E-state index in [0.717, 1.165) is 28.1 Å². The summed E-state index contributed by atoms with van der Waals surface area (Å²) in [7, 11) is 1.73. The average Bonchev–Trinajstić information content (AvgIpc) is 3.04. The molecule has 29 heavy (non-hydrogen) atoms. The Labute approximate surface area is 171 Å². The highest BCUT2D eigenvalue weighted by atomic mass is 16.2. The van der Waals surface area contributed by atoms with E-state index in [9.17, 15) is 9.59 Å². The first-order valence-corrected chi connectivity index (χ1v) is 9.91. The van der Waals surface area contributed by atoms with Gasteiger partial charge in [-0.25, -0.2) is 4.79 Å². The van der Waals surface area contributed by atoms with Gasteiger partial charge < -0.3 is 10.2 Å². The summed E-state index contributed by atoms with van der Waals surface area (Å²) in [6.45, 7) is 7.18. The minimum Gasteiger partial charge on any atom is -0.333 e. The molecule has 2 aliphatic heterocycles. The van der Waals surface area contributed by atoms with Crippen molar-refractivity contribution in [2.24, 2.45) is 0 Å². The normalized spacial score (nSPS) is 19.0. The molecule has 0 saturated heterocycles. The minimum absolute atomic E-state index is 0.00888. The molecule has 6 heteroatoms. The molecule has 0 saturated carbocycles. The van der Waals surface area contributed by atoms with Crippen LogP contribution < -0.4 is 5.32 Å². The molecule has 2 aromatic rings. The van der Waals surface area contributed by atoms with Crippen LogP contribution in [0.15, 0.2) is 47.8 Å². The Morgan fingerprint density at radius 1 is 1.10 bits per heavy atom. The molecule has 1 atom stereocenters. The fourth-order valence-electron chi connectivity index (χ4n) is 4.13. The van der Waals surface area contributed by atoms with Gasteiger partial charge in [-0.2, -0.15) is 0 Å². The fraction of sp³-hybridized carbons (Fsp3) is 0.348. The van der Waals surface area contributed by atoms with Gasteiger partial charge in [-0.1, -0.05) is 18.2 Å². The lowest BCUT2D eigenvalue weighted by molar-refractivity contribution is -0.125. The summed E-state index contributed by atoms with van der Waals surface area (Å²) in [6, 6.07) is 9.42. The molecular formula is C23H26N4O2. The maximum absolute atomic E-state index is 13.3. The Hall–Kier alpha value is -3.15. The number of carbonyl (C=O) groups excluding carboxylic acids is 2. The van der Waals surface area contributed by atoms with Crippen molar-refractivity contribution in [2.45, 2.75) is 33.2 Å². The number of likely N-dealkylation sites (N-methyl/N-ethyl adjacent to an activating group) is 1. The molecule has 4 rings (SSSR count). The predicted octanol–water partition coefficient (Wildman–Crippen LogP) is 3.04. The quantitative estimate of drug-likeness (QED) is 0.873. The van der Waals surface area contributed by atoms with E-state index in [1.54, 1.807) is 18.1 Å². The molecule has 2 aliphatic rings. The van der Waals surface area contributed by atoms with E-state index in [-0.39, 0.29) is 11.9 Å². The maximum Gasteiger partial charge on any atom is 0.322 e. The molecule has 1 aromatic carbocycles. The van der Waals surface area contributed by atoms with E-state index in [1.165, 1.54) is 5.56 Å². The van der Waals surface area contributed by atoms with E-state index >= 15 is 0 Å². The van der Waals surface area contributed by atoms with Crippen molar-refractivity contribution in [3.8, 4) is 0 Å². The number of nitrogens with zero attached hydrogens (tertiary/aromatic N) is 3. The topological polar surface area (TPSA) is 65.5 Å². The van der Waals surface area contributed by atoms with Crippen LogP contribution in [0.3, 0.4) is 0 Å². The molecule has 0 aliphatic carbocycles. The lowest BCUT2D eigenvalue weighted by Gasteiger charge is -2.32. The van der Waals surface area contributed by atoms with Gasteiger partial charge in [0.05, 0.1) is 23.9 Å². The lowest BCUT2D eigenvalue weighted by Crippen LogP contribution is -2.45. The van der Waals surface area contributed by atoms with Crippen LogP contribution in [0.1, 0.15) is 34.0 Å². The zero-order valence-corrected chi connectivity index (χ0v) is 17.3. The van der Waals surface area contributed by atoms with Crippen LogP contribution in [-0.4, -0.2) is 46.9 Å². The van der Waals surface area contributed by atoms with Gasteiger partial charge in [0.25, 0.3) is 5.91 Å². The highest BCUT2D eigenvalue weighted by Gasteiger charge is 2.43. The fourth-order valence-corrected chi connectivity index (χ4v) is 4.13. The highest BCUT2D eigenvalue weighted by Crippen LogP contribution is 2.37. The zero-order chi connectivity index (χ0) is 20.7. The third-order valence-corrected chi connectivity index (χ3v) is 5.99. The minimum atomic E-state index is -0.416. The van der Waals surface area contributed by atoms with Gasteiger partial charge in [-0.05, 0) is 55.2 Å². The van der Waals surface area contributed by atoms with Crippen LogP contribution in [-0.2, 0) is 11.2 Å². The van der Waals surface area contributed by atoms with Crippen molar-refractivity contribution in [3.63, 3.8) is 0 Å². The third kappa shape index (κ3) is 3.39. The molecular weight excluding hydrogens is 364 g/mol. The summed E-state index contributed by atoms with van der Waals surface area (Å²) in [5, 5.41) is 3.04. The summed E-state index contributed by atoms with van der Waals surface area (Å²) in [5.74, 6) is -0.00888. The van der Waals surface area contributed by atoms with Crippen LogP contribution in [0.4, 0.5) is 4.79 Å². The first-order chi connectivity index (χ1) is 13.9. The third-order valence-electron chi connectivity index (χ3n) is 5.99. The molecule has 0 bridgehead atoms. The van der Waals surface area contributed by atoms with Crippen molar-refractivity contribution in [1.29, 1.82) is 0 Å². The first-order valence-electron chi connectivity index (χ1n) is 9.91. The van der Waals surface area contributed by atoms with E-state index < -0.39 is 6.04 Å². The highest BCUT2D eigenvalue weighted by molar-refractivity contribution is 6.01. The zero-order valence-electron chi connectivity index (χ0n) is 17.3. The molecule has 1 aromatic heterocycles.